The number of fused-ring (bicyclic) bond motifs is 7. The quantitative estimate of drug-likeness (QED) is 0.164. The van der Waals surface area contributed by atoms with Crippen molar-refractivity contribution in [2.75, 3.05) is 9.80 Å². The standard InChI is InChI=1S/C58H59BN2S/c1-55(2,3)38-21-25-42(26-22-38)60-48-27-23-39(56(4,5)6)32-46(48)59-47-33-40(57(7,8)9)24-28-49(47)61(51-35-41(58(10,11)12)34-50(60)54(51)59)43-17-15-16-36(30-43)37-20-29-53-45(31-37)44-18-13-14-19-52(44)62-53/h13-35H,1-12H3. The topological polar surface area (TPSA) is 6.48 Å². The second kappa shape index (κ2) is 14.0. The van der Waals surface area contributed by atoms with Crippen molar-refractivity contribution in [1.82, 2.24) is 0 Å². The van der Waals surface area contributed by atoms with Gasteiger partial charge in [-0.25, -0.2) is 0 Å². The lowest BCUT2D eigenvalue weighted by Gasteiger charge is -2.45. The first-order valence-corrected chi connectivity index (χ1v) is 23.3. The molecule has 0 aliphatic carbocycles. The summed E-state index contributed by atoms with van der Waals surface area (Å²) >= 11 is 1.88. The maximum absolute atomic E-state index is 2.59. The van der Waals surface area contributed by atoms with Crippen LogP contribution in [-0.2, 0) is 21.7 Å². The van der Waals surface area contributed by atoms with Crippen molar-refractivity contribution in [1.29, 1.82) is 0 Å². The van der Waals surface area contributed by atoms with Gasteiger partial charge in [-0.05, 0) is 138 Å². The Balaban J connectivity index is 1.27. The summed E-state index contributed by atoms with van der Waals surface area (Å²) in [7, 11) is 0. The molecule has 0 fully saturated rings. The van der Waals surface area contributed by atoms with Gasteiger partial charge < -0.3 is 9.80 Å². The molecule has 0 saturated heterocycles. The number of benzene rings is 7. The van der Waals surface area contributed by atoms with Gasteiger partial charge in [0.25, 0.3) is 6.71 Å². The zero-order valence-corrected chi connectivity index (χ0v) is 39.5. The maximum atomic E-state index is 2.59. The molecule has 3 heterocycles. The molecule has 0 amide bonds. The summed E-state index contributed by atoms with van der Waals surface area (Å²) in [5, 5.41) is 2.65. The molecule has 0 N–H and O–H groups in total. The number of hydrogen-bond acceptors (Lipinski definition) is 3. The van der Waals surface area contributed by atoms with Crippen LogP contribution in [0.5, 0.6) is 0 Å². The Kier molecular flexibility index (Phi) is 9.12. The summed E-state index contributed by atoms with van der Waals surface area (Å²) in [4.78, 5) is 5.17. The summed E-state index contributed by atoms with van der Waals surface area (Å²) in [6.45, 7) is 28.1. The van der Waals surface area contributed by atoms with E-state index in [1.54, 1.807) is 0 Å². The lowest BCUT2D eigenvalue weighted by Crippen LogP contribution is -2.61. The van der Waals surface area contributed by atoms with E-state index in [1.165, 1.54) is 104 Å². The molecule has 1 aromatic heterocycles. The highest BCUT2D eigenvalue weighted by Gasteiger charge is 2.45. The molecule has 0 radical (unpaired) electrons. The van der Waals surface area contributed by atoms with E-state index < -0.39 is 0 Å². The third-order valence-corrected chi connectivity index (χ3v) is 14.6. The van der Waals surface area contributed by atoms with Crippen LogP contribution >= 0.6 is 11.3 Å². The minimum absolute atomic E-state index is 0.0109. The van der Waals surface area contributed by atoms with Crippen LogP contribution in [0, 0.1) is 0 Å². The molecule has 7 aromatic carbocycles. The predicted molar refractivity (Wildman–Crippen MR) is 274 cm³/mol. The predicted octanol–water partition coefficient (Wildman–Crippen LogP) is 15.0. The Labute approximate surface area is 374 Å². The lowest BCUT2D eigenvalue weighted by atomic mass is 9.33. The molecule has 8 aromatic rings. The molecule has 2 nitrogen and oxygen atoms in total. The summed E-state index contributed by atoms with van der Waals surface area (Å²) in [6.07, 6.45) is 0. The van der Waals surface area contributed by atoms with Crippen LogP contribution in [0.15, 0.2) is 140 Å². The molecule has 0 saturated carbocycles. The zero-order chi connectivity index (χ0) is 43.7. The monoisotopic (exact) mass is 826 g/mol. The van der Waals surface area contributed by atoms with Crippen molar-refractivity contribution in [3.05, 3.63) is 162 Å². The first-order valence-electron chi connectivity index (χ1n) is 22.5. The lowest BCUT2D eigenvalue weighted by molar-refractivity contribution is 0.589. The van der Waals surface area contributed by atoms with Crippen LogP contribution in [0.3, 0.4) is 0 Å². The fourth-order valence-electron chi connectivity index (χ4n) is 9.77. The van der Waals surface area contributed by atoms with Crippen molar-refractivity contribution in [3.8, 4) is 11.1 Å². The molecule has 310 valence electrons. The highest BCUT2D eigenvalue weighted by atomic mass is 32.1. The van der Waals surface area contributed by atoms with Gasteiger partial charge in [0, 0.05) is 54.3 Å². The van der Waals surface area contributed by atoms with Gasteiger partial charge in [-0.3, -0.25) is 0 Å². The van der Waals surface area contributed by atoms with Gasteiger partial charge in [0.1, 0.15) is 0 Å². The van der Waals surface area contributed by atoms with Gasteiger partial charge in [0.2, 0.25) is 0 Å². The van der Waals surface area contributed by atoms with Gasteiger partial charge >= 0.3 is 0 Å². The molecule has 62 heavy (non-hydrogen) atoms. The number of anilines is 6. The molecule has 4 heteroatoms. The van der Waals surface area contributed by atoms with E-state index in [4.69, 9.17) is 0 Å². The molecule has 0 spiro atoms. The number of hydrogen-bond donors (Lipinski definition) is 0. The van der Waals surface area contributed by atoms with Gasteiger partial charge in [-0.15, -0.1) is 11.3 Å². The smallest absolute Gasteiger partial charge is 0.252 e. The maximum Gasteiger partial charge on any atom is 0.252 e. The van der Waals surface area contributed by atoms with Crippen molar-refractivity contribution in [2.24, 2.45) is 0 Å². The van der Waals surface area contributed by atoms with Crippen LogP contribution < -0.4 is 26.2 Å². The summed E-state index contributed by atoms with van der Waals surface area (Å²) in [6, 6.07) is 54.2. The van der Waals surface area contributed by atoms with E-state index in [1.807, 2.05) is 11.3 Å². The molecular formula is C58H59BN2S. The van der Waals surface area contributed by atoms with Crippen molar-refractivity contribution in [3.63, 3.8) is 0 Å². The second-order valence-electron chi connectivity index (χ2n) is 22.0. The minimum Gasteiger partial charge on any atom is -0.311 e. The normalized spacial score (nSPS) is 14.0. The third kappa shape index (κ3) is 6.69. The van der Waals surface area contributed by atoms with Gasteiger partial charge in [0.05, 0.1) is 0 Å². The zero-order valence-electron chi connectivity index (χ0n) is 38.7. The molecule has 2 aliphatic rings. The van der Waals surface area contributed by atoms with E-state index in [0.29, 0.717) is 0 Å². The third-order valence-electron chi connectivity index (χ3n) is 13.5. The Morgan fingerprint density at radius 3 is 1.47 bits per heavy atom. The van der Waals surface area contributed by atoms with Crippen molar-refractivity contribution < 1.29 is 0 Å². The Morgan fingerprint density at radius 1 is 0.371 bits per heavy atom. The van der Waals surface area contributed by atoms with Crippen LogP contribution in [0.1, 0.15) is 105 Å². The van der Waals surface area contributed by atoms with E-state index in [2.05, 4.69) is 232 Å². The van der Waals surface area contributed by atoms with E-state index >= 15 is 0 Å². The van der Waals surface area contributed by atoms with E-state index in [0.717, 1.165) is 0 Å². The minimum atomic E-state index is -0.0955. The number of nitrogens with zero attached hydrogens (tertiary/aromatic N) is 2. The van der Waals surface area contributed by atoms with Crippen molar-refractivity contribution in [2.45, 2.75) is 105 Å². The van der Waals surface area contributed by atoms with Crippen LogP contribution in [0.4, 0.5) is 34.1 Å². The Bertz CT molecular complexity index is 3070. The fraction of sp³-hybridized carbons (Fsp3) is 0.276. The SMILES string of the molecule is CC(C)(C)c1ccc(N2c3ccc(C(C)(C)C)cc3B3c4cc(C(C)(C)C)ccc4N(c4cccc(-c5ccc6sc7ccccc7c6c5)c4)c4cc(C(C)(C)C)cc2c43)cc1. The second-order valence-corrected chi connectivity index (χ2v) is 23.1. The van der Waals surface area contributed by atoms with Gasteiger partial charge in [-0.1, -0.05) is 156 Å². The van der Waals surface area contributed by atoms with E-state index in [-0.39, 0.29) is 28.4 Å². The van der Waals surface area contributed by atoms with E-state index in [9.17, 15) is 0 Å². The Morgan fingerprint density at radius 2 is 0.887 bits per heavy atom. The summed E-state index contributed by atoms with van der Waals surface area (Å²) in [5.41, 5.74) is 19.2. The molecule has 10 rings (SSSR count). The molecule has 0 bridgehead atoms. The van der Waals surface area contributed by atoms with Gasteiger partial charge in [-0.2, -0.15) is 0 Å². The Hall–Kier alpha value is -5.58. The molecule has 0 unspecified atom stereocenters. The van der Waals surface area contributed by atoms with Crippen molar-refractivity contribution >= 4 is 88.7 Å². The van der Waals surface area contributed by atoms with Crippen LogP contribution in [0.2, 0.25) is 0 Å². The number of thiophene rings is 1. The number of rotatable bonds is 3. The molecule has 0 atom stereocenters. The average molecular weight is 827 g/mol. The highest BCUT2D eigenvalue weighted by molar-refractivity contribution is 7.25. The summed E-state index contributed by atoms with van der Waals surface area (Å²) < 4.78 is 2.66. The highest BCUT2D eigenvalue weighted by Crippen LogP contribution is 2.48. The average Bonchev–Trinajstić information content (AvgIpc) is 3.60. The first-order chi connectivity index (χ1) is 29.3. The van der Waals surface area contributed by atoms with Crippen LogP contribution in [-0.4, -0.2) is 6.71 Å². The first kappa shape index (κ1) is 40.5. The summed E-state index contributed by atoms with van der Waals surface area (Å²) in [5.74, 6) is 0. The molecular weight excluding hydrogens is 768 g/mol. The van der Waals surface area contributed by atoms with Crippen LogP contribution in [0.25, 0.3) is 31.3 Å². The largest absolute Gasteiger partial charge is 0.311 e. The van der Waals surface area contributed by atoms with Gasteiger partial charge in [0.15, 0.2) is 0 Å². The fourth-order valence-corrected chi connectivity index (χ4v) is 10.9. The molecule has 2 aliphatic heterocycles.